The fourth-order valence-electron chi connectivity index (χ4n) is 1.27. The van der Waals surface area contributed by atoms with Crippen molar-refractivity contribution in [3.05, 3.63) is 38.6 Å². The molecule has 0 aliphatic carbocycles. The summed E-state index contributed by atoms with van der Waals surface area (Å²) in [5, 5.41) is 7.35. The third kappa shape index (κ3) is 1.27. The second kappa shape index (κ2) is 2.96. The minimum Gasteiger partial charge on any atom is -0.286 e. The lowest BCUT2D eigenvalue weighted by atomic mass is 10.1. The molecule has 66 valence electrons. The topological polar surface area (TPSA) is 45.8 Å². The molecule has 0 spiro atoms. The molecule has 2 aromatic rings. The summed E-state index contributed by atoms with van der Waals surface area (Å²) in [5.41, 5.74) is 1.75. The van der Waals surface area contributed by atoms with Crippen molar-refractivity contribution in [3.8, 4) is 0 Å². The maximum absolute atomic E-state index is 11.6. The number of halogens is 1. The van der Waals surface area contributed by atoms with Crippen molar-refractivity contribution < 1.29 is 0 Å². The van der Waals surface area contributed by atoms with Crippen LogP contribution in [0.15, 0.2) is 27.6 Å². The summed E-state index contributed by atoms with van der Waals surface area (Å²) in [6.07, 6.45) is 0. The third-order valence-corrected chi connectivity index (χ3v) is 2.51. The summed E-state index contributed by atoms with van der Waals surface area (Å²) in [6, 6.07) is 5.58. The van der Waals surface area contributed by atoms with Gasteiger partial charge in [-0.25, -0.2) is 0 Å². The second-order valence-corrected chi connectivity index (χ2v) is 3.59. The predicted molar refractivity (Wildman–Crippen MR) is 54.8 cm³/mol. The van der Waals surface area contributed by atoms with Crippen LogP contribution in [0.2, 0.25) is 0 Å². The lowest BCUT2D eigenvalue weighted by Gasteiger charge is -1.99. The normalized spacial score (nSPS) is 10.6. The van der Waals surface area contributed by atoms with Crippen LogP contribution in [-0.2, 0) is 0 Å². The summed E-state index contributed by atoms with van der Waals surface area (Å²) in [5.74, 6) is 0. The third-order valence-electron chi connectivity index (χ3n) is 1.97. The Kier molecular flexibility index (Phi) is 1.92. The van der Waals surface area contributed by atoms with Gasteiger partial charge in [-0.3, -0.25) is 9.89 Å². The Hall–Kier alpha value is -1.16. The van der Waals surface area contributed by atoms with E-state index in [0.717, 1.165) is 11.1 Å². The molecule has 1 aromatic heterocycles. The van der Waals surface area contributed by atoms with Crippen LogP contribution in [0.4, 0.5) is 0 Å². The number of para-hydroxylation sites is 1. The lowest BCUT2D eigenvalue weighted by Crippen LogP contribution is -2.07. The number of aromatic nitrogens is 2. The molecule has 4 heteroatoms. The first-order chi connectivity index (χ1) is 6.20. The van der Waals surface area contributed by atoms with Gasteiger partial charge >= 0.3 is 0 Å². The zero-order valence-electron chi connectivity index (χ0n) is 6.97. The molecule has 0 saturated carbocycles. The largest absolute Gasteiger partial charge is 0.286 e. The van der Waals surface area contributed by atoms with Crippen LogP contribution in [0.25, 0.3) is 10.9 Å². The fourth-order valence-corrected chi connectivity index (χ4v) is 1.57. The van der Waals surface area contributed by atoms with Crippen molar-refractivity contribution >= 4 is 26.8 Å². The van der Waals surface area contributed by atoms with Gasteiger partial charge in [0.2, 0.25) is 5.43 Å². The van der Waals surface area contributed by atoms with E-state index in [2.05, 4.69) is 26.1 Å². The highest BCUT2D eigenvalue weighted by Crippen LogP contribution is 2.12. The zero-order chi connectivity index (χ0) is 9.42. The molecule has 1 aromatic carbocycles. The van der Waals surface area contributed by atoms with Crippen molar-refractivity contribution in [3.63, 3.8) is 0 Å². The maximum Gasteiger partial charge on any atom is 0.222 e. The van der Waals surface area contributed by atoms with E-state index in [1.54, 1.807) is 6.07 Å². The number of nitrogens with one attached hydrogen (secondary N) is 1. The number of benzene rings is 1. The molecule has 1 N–H and O–H groups in total. The van der Waals surface area contributed by atoms with Crippen LogP contribution in [0.3, 0.4) is 0 Å². The van der Waals surface area contributed by atoms with Crippen LogP contribution in [0.5, 0.6) is 0 Å². The molecule has 0 fully saturated rings. The summed E-state index contributed by atoms with van der Waals surface area (Å²) >= 11 is 3.09. The smallest absolute Gasteiger partial charge is 0.222 e. The Bertz CT molecular complexity index is 518. The molecule has 0 aliphatic rings. The van der Waals surface area contributed by atoms with Crippen molar-refractivity contribution in [1.82, 2.24) is 10.2 Å². The predicted octanol–water partition coefficient (Wildman–Crippen LogP) is 1.99. The number of nitrogens with zero attached hydrogens (tertiary/aromatic N) is 1. The minimum atomic E-state index is -0.0718. The standard InChI is InChI=1S/C9H7BrN2O/c1-5-3-2-4-6-7(5)11-12-9(10)8(6)13/h2-4H,1H3,(H,11,13). The van der Waals surface area contributed by atoms with E-state index < -0.39 is 0 Å². The maximum atomic E-state index is 11.6. The first kappa shape index (κ1) is 8.44. The van der Waals surface area contributed by atoms with E-state index in [-0.39, 0.29) is 5.43 Å². The monoisotopic (exact) mass is 238 g/mol. The van der Waals surface area contributed by atoms with Crippen molar-refractivity contribution in [2.75, 3.05) is 0 Å². The van der Waals surface area contributed by atoms with Crippen LogP contribution >= 0.6 is 15.9 Å². The average Bonchev–Trinajstić information content (AvgIpc) is 2.12. The Morgan fingerprint density at radius 3 is 3.00 bits per heavy atom. The van der Waals surface area contributed by atoms with Gasteiger partial charge in [-0.2, -0.15) is 5.10 Å². The van der Waals surface area contributed by atoms with Crippen LogP contribution in [0.1, 0.15) is 5.56 Å². The van der Waals surface area contributed by atoms with E-state index in [1.807, 2.05) is 19.1 Å². The number of fused-ring (bicyclic) bond motifs is 1. The number of aryl methyl sites for hydroxylation is 1. The number of rotatable bonds is 0. The van der Waals surface area contributed by atoms with Gasteiger partial charge in [0.15, 0.2) is 4.60 Å². The Morgan fingerprint density at radius 2 is 2.23 bits per heavy atom. The van der Waals surface area contributed by atoms with Crippen molar-refractivity contribution in [2.24, 2.45) is 0 Å². The molecule has 0 bridgehead atoms. The van der Waals surface area contributed by atoms with Crippen LogP contribution in [0, 0.1) is 6.92 Å². The Labute approximate surface area is 82.9 Å². The molecule has 0 aliphatic heterocycles. The number of hydrogen-bond donors (Lipinski definition) is 1. The molecule has 3 nitrogen and oxygen atoms in total. The zero-order valence-corrected chi connectivity index (χ0v) is 8.55. The summed E-state index contributed by atoms with van der Waals surface area (Å²) in [7, 11) is 0. The SMILES string of the molecule is Cc1cccc2c(=O)c(Br)n[nH]c12. The molecular formula is C9H7BrN2O. The number of aromatic amines is 1. The van der Waals surface area contributed by atoms with Gasteiger partial charge in [0, 0.05) is 0 Å². The molecule has 0 radical (unpaired) electrons. The first-order valence-corrected chi connectivity index (χ1v) is 4.63. The second-order valence-electron chi connectivity index (χ2n) is 2.84. The Morgan fingerprint density at radius 1 is 1.46 bits per heavy atom. The minimum absolute atomic E-state index is 0.0718. The van der Waals surface area contributed by atoms with Crippen molar-refractivity contribution in [1.29, 1.82) is 0 Å². The van der Waals surface area contributed by atoms with E-state index in [0.29, 0.717) is 9.99 Å². The Balaban J connectivity index is 3.03. The highest BCUT2D eigenvalue weighted by molar-refractivity contribution is 9.10. The quantitative estimate of drug-likeness (QED) is 0.764. The molecule has 0 saturated heterocycles. The van der Waals surface area contributed by atoms with Gasteiger partial charge in [-0.05, 0) is 34.5 Å². The molecule has 0 unspecified atom stereocenters. The van der Waals surface area contributed by atoms with Gasteiger partial charge in [0.05, 0.1) is 10.9 Å². The van der Waals surface area contributed by atoms with Crippen molar-refractivity contribution in [2.45, 2.75) is 6.92 Å². The lowest BCUT2D eigenvalue weighted by molar-refractivity contribution is 1.03. The molecule has 2 rings (SSSR count). The summed E-state index contributed by atoms with van der Waals surface area (Å²) in [4.78, 5) is 11.6. The highest BCUT2D eigenvalue weighted by atomic mass is 79.9. The molecule has 13 heavy (non-hydrogen) atoms. The molecular weight excluding hydrogens is 232 g/mol. The molecule has 1 heterocycles. The first-order valence-electron chi connectivity index (χ1n) is 3.83. The molecule has 0 amide bonds. The number of H-pyrrole nitrogens is 1. The van der Waals surface area contributed by atoms with Gasteiger partial charge in [0.1, 0.15) is 0 Å². The fraction of sp³-hybridized carbons (Fsp3) is 0.111. The molecule has 0 atom stereocenters. The van der Waals surface area contributed by atoms with Gasteiger partial charge in [-0.1, -0.05) is 12.1 Å². The van der Waals surface area contributed by atoms with E-state index in [1.165, 1.54) is 0 Å². The average molecular weight is 239 g/mol. The van der Waals surface area contributed by atoms with E-state index >= 15 is 0 Å². The number of hydrogen-bond acceptors (Lipinski definition) is 2. The van der Waals surface area contributed by atoms with Crippen LogP contribution < -0.4 is 5.43 Å². The van der Waals surface area contributed by atoms with E-state index in [9.17, 15) is 4.79 Å². The van der Waals surface area contributed by atoms with Gasteiger partial charge in [-0.15, -0.1) is 0 Å². The van der Waals surface area contributed by atoms with Crippen LogP contribution in [-0.4, -0.2) is 10.2 Å². The summed E-state index contributed by atoms with van der Waals surface area (Å²) < 4.78 is 0.325. The summed E-state index contributed by atoms with van der Waals surface area (Å²) in [6.45, 7) is 1.94. The van der Waals surface area contributed by atoms with Gasteiger partial charge in [0.25, 0.3) is 0 Å². The highest BCUT2D eigenvalue weighted by Gasteiger charge is 2.04. The van der Waals surface area contributed by atoms with E-state index in [4.69, 9.17) is 0 Å². The van der Waals surface area contributed by atoms with Gasteiger partial charge < -0.3 is 0 Å².